The second-order valence-electron chi connectivity index (χ2n) is 7.50. The van der Waals surface area contributed by atoms with Crippen LogP contribution in [-0.4, -0.2) is 26.5 Å². The highest BCUT2D eigenvalue weighted by molar-refractivity contribution is 7.70. The first-order chi connectivity index (χ1) is 12.0. The van der Waals surface area contributed by atoms with Crippen LogP contribution in [0.5, 0.6) is 11.5 Å². The van der Waals surface area contributed by atoms with Gasteiger partial charge in [0.15, 0.2) is 5.75 Å². The normalized spacial score (nSPS) is 11.8. The van der Waals surface area contributed by atoms with E-state index in [1.807, 2.05) is 18.2 Å². The third kappa shape index (κ3) is 4.89. The molecule has 0 saturated carbocycles. The number of hydrogen-bond donors (Lipinski definition) is 1. The van der Waals surface area contributed by atoms with Gasteiger partial charge in [-0.1, -0.05) is 39.0 Å². The van der Waals surface area contributed by atoms with E-state index >= 15 is 0 Å². The van der Waals surface area contributed by atoms with Crippen LogP contribution in [0.3, 0.4) is 0 Å². The molecule has 2 aromatic rings. The van der Waals surface area contributed by atoms with Crippen molar-refractivity contribution in [3.63, 3.8) is 0 Å². The summed E-state index contributed by atoms with van der Waals surface area (Å²) in [6, 6.07) is 12.5. The summed E-state index contributed by atoms with van der Waals surface area (Å²) in [7, 11) is -1.12. The SMILES string of the molecule is COc1c(NC(=O)Oc2ccccc2)cc(C(C)(C)C)cc1P(C)(C)=O. The summed E-state index contributed by atoms with van der Waals surface area (Å²) in [4.78, 5) is 12.3. The average molecular weight is 375 g/mol. The quantitative estimate of drug-likeness (QED) is 0.776. The molecule has 2 aromatic carbocycles. The zero-order valence-corrected chi connectivity index (χ0v) is 17.0. The van der Waals surface area contributed by atoms with Gasteiger partial charge >= 0.3 is 6.09 Å². The molecule has 0 radical (unpaired) electrons. The number of rotatable bonds is 4. The molecule has 0 aliphatic heterocycles. The fraction of sp³-hybridized carbons (Fsp3) is 0.350. The molecule has 0 spiro atoms. The molecule has 140 valence electrons. The molecule has 5 nitrogen and oxygen atoms in total. The van der Waals surface area contributed by atoms with Gasteiger partial charge in [0, 0.05) is 0 Å². The summed E-state index contributed by atoms with van der Waals surface area (Å²) < 4.78 is 23.6. The van der Waals surface area contributed by atoms with E-state index in [2.05, 4.69) is 26.1 Å². The number of carbonyl (C=O) groups excluding carboxylic acids is 1. The predicted octanol–water partition coefficient (Wildman–Crippen LogP) is 4.85. The minimum absolute atomic E-state index is 0.185. The molecule has 0 fully saturated rings. The Morgan fingerprint density at radius 1 is 1.08 bits per heavy atom. The fourth-order valence-electron chi connectivity index (χ4n) is 2.48. The van der Waals surface area contributed by atoms with Crippen LogP contribution in [0.1, 0.15) is 26.3 Å². The summed E-state index contributed by atoms with van der Waals surface area (Å²) in [6.07, 6.45) is -0.631. The molecule has 1 N–H and O–H groups in total. The lowest BCUT2D eigenvalue weighted by Gasteiger charge is -2.24. The molecule has 0 aliphatic carbocycles. The first-order valence-electron chi connectivity index (χ1n) is 8.34. The second-order valence-corrected chi connectivity index (χ2v) is 10.7. The Morgan fingerprint density at radius 2 is 1.69 bits per heavy atom. The number of anilines is 1. The lowest BCUT2D eigenvalue weighted by atomic mass is 9.86. The number of hydrogen-bond acceptors (Lipinski definition) is 4. The molecular weight excluding hydrogens is 349 g/mol. The number of nitrogens with one attached hydrogen (secondary N) is 1. The number of ether oxygens (including phenoxy) is 2. The van der Waals surface area contributed by atoms with Gasteiger partial charge in [-0.2, -0.15) is 0 Å². The highest BCUT2D eigenvalue weighted by Crippen LogP contribution is 2.43. The molecule has 26 heavy (non-hydrogen) atoms. The van der Waals surface area contributed by atoms with Gasteiger partial charge in [0.25, 0.3) is 0 Å². The highest BCUT2D eigenvalue weighted by Gasteiger charge is 2.26. The maximum absolute atomic E-state index is 12.8. The van der Waals surface area contributed by atoms with Crippen molar-refractivity contribution in [2.45, 2.75) is 26.2 Å². The lowest BCUT2D eigenvalue weighted by Crippen LogP contribution is -2.22. The summed E-state index contributed by atoms with van der Waals surface area (Å²) in [6.45, 7) is 9.54. The van der Waals surface area contributed by atoms with Gasteiger partial charge in [-0.05, 0) is 48.6 Å². The summed E-state index contributed by atoms with van der Waals surface area (Å²) in [5.41, 5.74) is 1.21. The van der Waals surface area contributed by atoms with E-state index in [9.17, 15) is 9.36 Å². The van der Waals surface area contributed by atoms with Gasteiger partial charge in [-0.3, -0.25) is 5.32 Å². The van der Waals surface area contributed by atoms with Gasteiger partial charge in [0.1, 0.15) is 12.9 Å². The summed E-state index contributed by atoms with van der Waals surface area (Å²) in [5.74, 6) is 0.837. The number of methoxy groups -OCH3 is 1. The van der Waals surface area contributed by atoms with Crippen LogP contribution in [0.25, 0.3) is 0 Å². The predicted molar refractivity (Wildman–Crippen MR) is 107 cm³/mol. The van der Waals surface area contributed by atoms with Crippen molar-refractivity contribution in [1.82, 2.24) is 0 Å². The van der Waals surface area contributed by atoms with E-state index in [1.165, 1.54) is 7.11 Å². The molecule has 0 bridgehead atoms. The summed E-state index contributed by atoms with van der Waals surface area (Å²) >= 11 is 0. The molecule has 0 atom stereocenters. The van der Waals surface area contributed by atoms with Gasteiger partial charge in [0.2, 0.25) is 0 Å². The van der Waals surface area contributed by atoms with E-state index in [4.69, 9.17) is 9.47 Å². The molecule has 0 aromatic heterocycles. The van der Waals surface area contributed by atoms with Gasteiger partial charge < -0.3 is 14.0 Å². The number of amides is 1. The summed E-state index contributed by atoms with van der Waals surface area (Å²) in [5, 5.41) is 3.33. The van der Waals surface area contributed by atoms with E-state index in [1.54, 1.807) is 37.6 Å². The van der Waals surface area contributed by atoms with Crippen LogP contribution in [0.4, 0.5) is 10.5 Å². The van der Waals surface area contributed by atoms with Crippen molar-refractivity contribution >= 4 is 24.2 Å². The van der Waals surface area contributed by atoms with E-state index in [0.29, 0.717) is 22.5 Å². The van der Waals surface area contributed by atoms with Crippen LogP contribution < -0.4 is 20.1 Å². The molecule has 0 saturated heterocycles. The Hall–Kier alpha value is -2.26. The number of benzene rings is 2. The average Bonchev–Trinajstić information content (AvgIpc) is 2.53. The lowest BCUT2D eigenvalue weighted by molar-refractivity contribution is 0.215. The molecular formula is C20H26NO4P. The Morgan fingerprint density at radius 3 is 2.19 bits per heavy atom. The maximum Gasteiger partial charge on any atom is 0.417 e. The van der Waals surface area contributed by atoms with Crippen molar-refractivity contribution in [3.8, 4) is 11.5 Å². The van der Waals surface area contributed by atoms with Crippen LogP contribution in [0.2, 0.25) is 0 Å². The smallest absolute Gasteiger partial charge is 0.417 e. The maximum atomic E-state index is 12.8. The van der Waals surface area contributed by atoms with Gasteiger partial charge in [-0.15, -0.1) is 0 Å². The molecule has 6 heteroatoms. The Labute approximate surface area is 155 Å². The molecule has 0 aliphatic rings. The highest BCUT2D eigenvalue weighted by atomic mass is 31.2. The fourth-order valence-corrected chi connectivity index (χ4v) is 3.64. The van der Waals surface area contributed by atoms with Gasteiger partial charge in [0.05, 0.1) is 18.1 Å². The third-order valence-corrected chi connectivity index (χ3v) is 5.40. The van der Waals surface area contributed by atoms with E-state index in [-0.39, 0.29) is 5.41 Å². The van der Waals surface area contributed by atoms with Gasteiger partial charge in [-0.25, -0.2) is 4.79 Å². The van der Waals surface area contributed by atoms with E-state index < -0.39 is 13.2 Å². The molecule has 1 amide bonds. The minimum Gasteiger partial charge on any atom is -0.494 e. The van der Waals surface area contributed by atoms with Crippen LogP contribution >= 0.6 is 7.14 Å². The molecule has 0 unspecified atom stereocenters. The first kappa shape index (κ1) is 20.1. The zero-order valence-electron chi connectivity index (χ0n) is 16.1. The van der Waals surface area contributed by atoms with Crippen LogP contribution in [-0.2, 0) is 9.98 Å². The van der Waals surface area contributed by atoms with Crippen molar-refractivity contribution in [1.29, 1.82) is 0 Å². The van der Waals surface area contributed by atoms with Crippen molar-refractivity contribution in [2.24, 2.45) is 0 Å². The van der Waals surface area contributed by atoms with Crippen molar-refractivity contribution in [2.75, 3.05) is 25.8 Å². The monoisotopic (exact) mass is 375 g/mol. The topological polar surface area (TPSA) is 64.6 Å². The molecule has 2 rings (SSSR count). The Balaban J connectivity index is 2.45. The minimum atomic E-state index is -2.62. The van der Waals surface area contributed by atoms with E-state index in [0.717, 1.165) is 5.56 Å². The zero-order chi connectivity index (χ0) is 19.5. The largest absolute Gasteiger partial charge is 0.494 e. The number of para-hydroxylation sites is 1. The molecule has 0 heterocycles. The van der Waals surface area contributed by atoms with Crippen LogP contribution in [0.15, 0.2) is 42.5 Å². The number of carbonyl (C=O) groups is 1. The third-order valence-electron chi connectivity index (χ3n) is 3.91. The van der Waals surface area contributed by atoms with Crippen molar-refractivity contribution < 1.29 is 18.8 Å². The Bertz CT molecular complexity index is 835. The Kier molecular flexibility index (Phi) is 5.82. The second kappa shape index (κ2) is 7.55. The standard InChI is InChI=1S/C20H26NO4P/c1-20(2,3)14-12-16(18(24-4)17(13-14)26(5,6)23)21-19(22)25-15-10-8-7-9-11-15/h7-13H,1-6H3,(H,21,22). The van der Waals surface area contributed by atoms with Crippen LogP contribution in [0, 0.1) is 0 Å². The first-order valence-corrected chi connectivity index (χ1v) is 10.9. The van der Waals surface area contributed by atoms with Crippen molar-refractivity contribution in [3.05, 3.63) is 48.0 Å².